The van der Waals surface area contributed by atoms with Gasteiger partial charge in [0.15, 0.2) is 0 Å². The van der Waals surface area contributed by atoms with E-state index in [9.17, 15) is 0 Å². The van der Waals surface area contributed by atoms with Crippen LogP contribution in [0.15, 0.2) is 65.8 Å². The van der Waals surface area contributed by atoms with Crippen molar-refractivity contribution in [2.45, 2.75) is 25.0 Å². The first kappa shape index (κ1) is 13.8. The van der Waals surface area contributed by atoms with E-state index in [0.717, 1.165) is 24.1 Å². The molecule has 0 saturated heterocycles. The highest BCUT2D eigenvalue weighted by Crippen LogP contribution is 2.26. The summed E-state index contributed by atoms with van der Waals surface area (Å²) in [6.07, 6.45) is 1.66. The molecule has 1 heterocycles. The third-order valence-corrected chi connectivity index (χ3v) is 3.70. The van der Waals surface area contributed by atoms with Crippen LogP contribution in [0.5, 0.6) is 0 Å². The van der Waals surface area contributed by atoms with Crippen molar-refractivity contribution in [3.8, 4) is 0 Å². The molecule has 0 saturated carbocycles. The predicted octanol–water partition coefficient (Wildman–Crippen LogP) is 3.76. The topological polar surface area (TPSA) is 30.8 Å². The zero-order chi connectivity index (χ0) is 14.5. The van der Waals surface area contributed by atoms with Crippen LogP contribution >= 0.6 is 0 Å². The number of hydrogen-bond donors (Lipinski definition) is 0. The molecule has 2 aromatic rings. The molecule has 3 nitrogen and oxygen atoms in total. The Morgan fingerprint density at radius 2 is 1.76 bits per heavy atom. The van der Waals surface area contributed by atoms with E-state index in [1.807, 2.05) is 36.4 Å². The molecule has 0 N–H and O–H groups in total. The molecule has 0 bridgehead atoms. The molecule has 0 fully saturated rings. The quantitative estimate of drug-likeness (QED) is 0.835. The number of benzene rings is 2. The Balaban J connectivity index is 1.65. The van der Waals surface area contributed by atoms with Gasteiger partial charge in [0.25, 0.3) is 0 Å². The Morgan fingerprint density at radius 1 is 1.10 bits per heavy atom. The largest absolute Gasteiger partial charge is 0.392 e. The Labute approximate surface area is 125 Å². The average Bonchev–Trinajstić information content (AvgIpc) is 2.98. The van der Waals surface area contributed by atoms with Gasteiger partial charge in [-0.2, -0.15) is 0 Å². The molecule has 108 valence electrons. The van der Waals surface area contributed by atoms with Crippen molar-refractivity contribution in [2.24, 2.45) is 5.16 Å². The lowest BCUT2D eigenvalue weighted by atomic mass is 9.98. The van der Waals surface area contributed by atoms with Crippen LogP contribution in [0.4, 0.5) is 0 Å². The second-order valence-corrected chi connectivity index (χ2v) is 5.23. The molecule has 3 rings (SSSR count). The highest BCUT2D eigenvalue weighted by Gasteiger charge is 2.28. The van der Waals surface area contributed by atoms with Gasteiger partial charge in [-0.3, -0.25) is 0 Å². The second kappa shape index (κ2) is 6.55. The van der Waals surface area contributed by atoms with Crippen LogP contribution in [0, 0.1) is 0 Å². The van der Waals surface area contributed by atoms with Crippen LogP contribution in [0.3, 0.4) is 0 Å². The third kappa shape index (κ3) is 3.31. The van der Waals surface area contributed by atoms with Crippen LogP contribution < -0.4 is 0 Å². The van der Waals surface area contributed by atoms with E-state index in [0.29, 0.717) is 0 Å². The maximum atomic E-state index is 5.61. The zero-order valence-corrected chi connectivity index (χ0v) is 12.1. The summed E-state index contributed by atoms with van der Waals surface area (Å²) in [5.41, 5.74) is 3.35. The molecule has 0 amide bonds. The number of ether oxygens (including phenoxy) is 1. The molecule has 2 atom stereocenters. The summed E-state index contributed by atoms with van der Waals surface area (Å²) < 4.78 is 5.61. The van der Waals surface area contributed by atoms with Crippen LogP contribution in [-0.2, 0) is 16.0 Å². The fourth-order valence-corrected chi connectivity index (χ4v) is 2.68. The van der Waals surface area contributed by atoms with Crippen molar-refractivity contribution < 1.29 is 9.57 Å². The van der Waals surface area contributed by atoms with Crippen molar-refractivity contribution in [3.05, 3.63) is 71.8 Å². The van der Waals surface area contributed by atoms with Crippen molar-refractivity contribution in [3.63, 3.8) is 0 Å². The summed E-state index contributed by atoms with van der Waals surface area (Å²) in [6, 6.07) is 20.5. The molecular weight excluding hydrogens is 262 g/mol. The van der Waals surface area contributed by atoms with E-state index in [1.165, 1.54) is 5.56 Å². The smallest absolute Gasteiger partial charge is 0.137 e. The normalized spacial score (nSPS) is 18.9. The molecule has 0 aliphatic carbocycles. The van der Waals surface area contributed by atoms with Gasteiger partial charge >= 0.3 is 0 Å². The van der Waals surface area contributed by atoms with Gasteiger partial charge in [0.1, 0.15) is 12.2 Å². The number of nitrogens with zero attached hydrogens (tertiary/aromatic N) is 1. The first-order valence-electron chi connectivity index (χ1n) is 7.21. The summed E-state index contributed by atoms with van der Waals surface area (Å²) >= 11 is 0. The minimum atomic E-state index is -0.119. The lowest BCUT2D eigenvalue weighted by Crippen LogP contribution is -2.17. The van der Waals surface area contributed by atoms with E-state index >= 15 is 0 Å². The van der Waals surface area contributed by atoms with Gasteiger partial charge in [0, 0.05) is 20.0 Å². The third-order valence-electron chi connectivity index (χ3n) is 3.70. The van der Waals surface area contributed by atoms with E-state index in [-0.39, 0.29) is 12.2 Å². The number of hydrogen-bond acceptors (Lipinski definition) is 3. The SMILES string of the molecule is CO[C@@H](C1=NO[C@@H](Cc2ccccc2)C1)c1ccccc1. The van der Waals surface area contributed by atoms with Crippen LogP contribution in [0.2, 0.25) is 0 Å². The Morgan fingerprint density at radius 3 is 2.43 bits per heavy atom. The zero-order valence-electron chi connectivity index (χ0n) is 12.1. The van der Waals surface area contributed by atoms with E-state index in [1.54, 1.807) is 7.11 Å². The van der Waals surface area contributed by atoms with Gasteiger partial charge < -0.3 is 9.57 Å². The monoisotopic (exact) mass is 281 g/mol. The molecule has 0 unspecified atom stereocenters. The van der Waals surface area contributed by atoms with E-state index < -0.39 is 0 Å². The van der Waals surface area contributed by atoms with E-state index in [2.05, 4.69) is 29.4 Å². The first-order chi connectivity index (χ1) is 10.4. The standard InChI is InChI=1S/C18H19NO2/c1-20-18(15-10-6-3-7-11-15)17-13-16(21-19-17)12-14-8-4-2-5-9-14/h2-11,16,18H,12-13H2,1H3/t16-,18+/m0/s1. The molecule has 0 radical (unpaired) electrons. The minimum Gasteiger partial charge on any atom is -0.392 e. The minimum absolute atomic E-state index is 0.101. The average molecular weight is 281 g/mol. The molecular formula is C18H19NO2. The van der Waals surface area contributed by atoms with Gasteiger partial charge in [-0.15, -0.1) is 0 Å². The predicted molar refractivity (Wildman–Crippen MR) is 83.3 cm³/mol. The molecule has 1 aliphatic rings. The van der Waals surface area contributed by atoms with Gasteiger partial charge in [-0.1, -0.05) is 65.8 Å². The summed E-state index contributed by atoms with van der Waals surface area (Å²) in [5.74, 6) is 0. The fraction of sp³-hybridized carbons (Fsp3) is 0.278. The number of rotatable bonds is 5. The van der Waals surface area contributed by atoms with Crippen molar-refractivity contribution >= 4 is 5.71 Å². The van der Waals surface area contributed by atoms with Gasteiger partial charge in [-0.25, -0.2) is 0 Å². The molecule has 2 aromatic carbocycles. The second-order valence-electron chi connectivity index (χ2n) is 5.23. The lowest BCUT2D eigenvalue weighted by Gasteiger charge is -2.15. The van der Waals surface area contributed by atoms with Crippen LogP contribution in [0.1, 0.15) is 23.7 Å². The fourth-order valence-electron chi connectivity index (χ4n) is 2.68. The summed E-state index contributed by atoms with van der Waals surface area (Å²) in [6.45, 7) is 0. The molecule has 1 aliphatic heterocycles. The van der Waals surface area contributed by atoms with Gasteiger partial charge in [0.05, 0.1) is 5.71 Å². The Kier molecular flexibility index (Phi) is 4.31. The molecule has 0 spiro atoms. The number of oxime groups is 1. The summed E-state index contributed by atoms with van der Waals surface area (Å²) in [5, 5.41) is 4.25. The first-order valence-corrected chi connectivity index (χ1v) is 7.21. The summed E-state index contributed by atoms with van der Waals surface area (Å²) in [4.78, 5) is 5.58. The highest BCUT2D eigenvalue weighted by molar-refractivity contribution is 5.90. The highest BCUT2D eigenvalue weighted by atomic mass is 16.6. The van der Waals surface area contributed by atoms with E-state index in [4.69, 9.17) is 9.57 Å². The Hall–Kier alpha value is -2.13. The van der Waals surface area contributed by atoms with Gasteiger partial charge in [0.2, 0.25) is 0 Å². The molecule has 21 heavy (non-hydrogen) atoms. The molecule has 3 heteroatoms. The summed E-state index contributed by atoms with van der Waals surface area (Å²) in [7, 11) is 1.71. The Bertz CT molecular complexity index is 595. The van der Waals surface area contributed by atoms with Gasteiger partial charge in [-0.05, 0) is 11.1 Å². The van der Waals surface area contributed by atoms with Crippen molar-refractivity contribution in [1.82, 2.24) is 0 Å². The number of methoxy groups -OCH3 is 1. The van der Waals surface area contributed by atoms with Crippen molar-refractivity contribution in [2.75, 3.05) is 7.11 Å². The maximum absolute atomic E-state index is 5.61. The molecule has 0 aromatic heterocycles. The van der Waals surface area contributed by atoms with Crippen molar-refractivity contribution in [1.29, 1.82) is 0 Å². The van der Waals surface area contributed by atoms with Crippen LogP contribution in [0.25, 0.3) is 0 Å². The van der Waals surface area contributed by atoms with Crippen LogP contribution in [-0.4, -0.2) is 18.9 Å². The maximum Gasteiger partial charge on any atom is 0.137 e. The lowest BCUT2D eigenvalue weighted by molar-refractivity contribution is 0.0855.